The molecule has 0 bridgehead atoms. The quantitative estimate of drug-likeness (QED) is 0.319. The van der Waals surface area contributed by atoms with E-state index in [0.717, 1.165) is 5.56 Å². The lowest BCUT2D eigenvalue weighted by Gasteiger charge is -1.82. The van der Waals surface area contributed by atoms with E-state index in [9.17, 15) is 0 Å². The van der Waals surface area contributed by atoms with E-state index in [0.29, 0.717) is 0 Å². The lowest BCUT2D eigenvalue weighted by atomic mass is 10.1. The lowest BCUT2D eigenvalue weighted by Crippen LogP contribution is -1.83. The van der Waals surface area contributed by atoms with Gasteiger partial charge in [0.15, 0.2) is 0 Å². The minimum atomic E-state index is 0.745. The van der Waals surface area contributed by atoms with Crippen LogP contribution in [0.25, 0.3) is 0 Å². The van der Waals surface area contributed by atoms with Crippen molar-refractivity contribution in [3.63, 3.8) is 0 Å². The Bertz CT molecular complexity index is 33.9. The zero-order chi connectivity index (χ0) is 4.28. The first-order valence-electron chi connectivity index (χ1n) is 1.73. The maximum atomic E-state index is 3.66. The van der Waals surface area contributed by atoms with Gasteiger partial charge >= 0.3 is 0 Å². The number of rotatable bonds is 1. The van der Waals surface area contributed by atoms with Gasteiger partial charge in [-0.25, -0.2) is 0 Å². The minimum Gasteiger partial charge on any atom is -0.118 e. The van der Waals surface area contributed by atoms with Gasteiger partial charge in [0.25, 0.3) is 0 Å². The highest BCUT2D eigenvalue weighted by atomic mass is 31.1. The Labute approximate surface area is 35.8 Å². The fourth-order valence-corrected chi connectivity index (χ4v) is 0. The van der Waals surface area contributed by atoms with Crippen LogP contribution in [0.3, 0.4) is 0 Å². The molecule has 0 aromatic carbocycles. The summed E-state index contributed by atoms with van der Waals surface area (Å²) in [5.41, 5.74) is 0.745. The van der Waals surface area contributed by atoms with E-state index in [2.05, 4.69) is 21.1 Å². The van der Waals surface area contributed by atoms with Gasteiger partial charge in [-0.3, -0.25) is 0 Å². The molecule has 0 radical (unpaired) electrons. The molecule has 5 heavy (non-hydrogen) atoms. The van der Waals surface area contributed by atoms with Crippen LogP contribution in [0.4, 0.5) is 0 Å². The van der Waals surface area contributed by atoms with E-state index in [-0.39, 0.29) is 0 Å². The highest BCUT2D eigenvalue weighted by Gasteiger charge is 1.76. The Morgan fingerprint density at radius 2 is 2.20 bits per heavy atom. The average molecular weight is 85.9 g/mol. The molecule has 0 N–H and O–H groups in total. The fraction of sp³-hybridized carbons (Fsp3) is 0.667. The van der Waals surface area contributed by atoms with Crippen molar-refractivity contribution < 1.29 is 0 Å². The van der Waals surface area contributed by atoms with Gasteiger partial charge in [-0.1, -0.05) is 13.2 Å². The molecule has 0 unspecified atom stereocenters. The van der Waals surface area contributed by atoms with Crippen molar-refractivity contribution in [3.05, 3.63) is 0 Å². The predicted octanol–water partition coefficient (Wildman–Crippen LogP) is 0.344. The summed E-state index contributed by atoms with van der Waals surface area (Å²) in [6.45, 7) is 2.15. The Hall–Kier alpha value is 0.235. The van der Waals surface area contributed by atoms with E-state index in [1.54, 1.807) is 0 Å². The van der Waals surface area contributed by atoms with Gasteiger partial charge in [0.2, 0.25) is 0 Å². The molecule has 28 valence electrons. The monoisotopic (exact) mass is 86.0 g/mol. The maximum Gasteiger partial charge on any atom is 0.115 e. The minimum absolute atomic E-state index is 0.745. The summed E-state index contributed by atoms with van der Waals surface area (Å²) >= 11 is 0. The largest absolute Gasteiger partial charge is 0.118 e. The highest BCUT2D eigenvalue weighted by molar-refractivity contribution is 7.39. The summed E-state index contributed by atoms with van der Waals surface area (Å²) in [5, 5.41) is 0. The molecule has 0 rings (SSSR count). The molecule has 2 heteroatoms. The average Bonchev–Trinajstić information content (AvgIpc) is 1.38. The van der Waals surface area contributed by atoms with Crippen LogP contribution in [0.2, 0.25) is 0 Å². The maximum absolute atomic E-state index is 3.66. The van der Waals surface area contributed by atoms with Gasteiger partial charge in [0.1, 0.15) is 7.85 Å². The van der Waals surface area contributed by atoms with Gasteiger partial charge < -0.3 is 0 Å². The standard InChI is InChI=1S/C3H8BP/c1-3(4)5-2/h3H,2,4H2,1H3/t3-/m0/s1. The lowest BCUT2D eigenvalue weighted by molar-refractivity contribution is 1.41. The molecule has 0 heterocycles. The predicted molar refractivity (Wildman–Crippen MR) is 32.0 cm³/mol. The molecule has 0 aliphatic heterocycles. The molecule has 0 aliphatic carbocycles. The summed E-state index contributed by atoms with van der Waals surface area (Å²) in [6.07, 6.45) is 3.66. The number of hydrogen-bond donors (Lipinski definition) is 0. The molecular formula is C3H8BP. The van der Waals surface area contributed by atoms with Gasteiger partial charge in [-0.05, 0) is 5.56 Å². The van der Waals surface area contributed by atoms with Crippen molar-refractivity contribution in [1.29, 1.82) is 0 Å². The van der Waals surface area contributed by atoms with E-state index in [1.807, 2.05) is 0 Å². The SMILES string of the molecule is B[C@H](C)P=C. The first-order chi connectivity index (χ1) is 2.27. The zero-order valence-corrected chi connectivity index (χ0v) is 4.63. The summed E-state index contributed by atoms with van der Waals surface area (Å²) < 4.78 is 0. The number of hydrogen-bond acceptors (Lipinski definition) is 0. The molecule has 0 aromatic rings. The summed E-state index contributed by atoms with van der Waals surface area (Å²) in [5.74, 6) is 0. The topological polar surface area (TPSA) is 0 Å². The van der Waals surface area contributed by atoms with Crippen molar-refractivity contribution >= 4 is 22.3 Å². The Morgan fingerprint density at radius 3 is 2.20 bits per heavy atom. The molecule has 0 spiro atoms. The molecule has 1 atom stereocenters. The normalized spacial score (nSPS) is 15.4. The van der Waals surface area contributed by atoms with E-state index >= 15 is 0 Å². The Morgan fingerprint density at radius 1 is 2.00 bits per heavy atom. The second-order valence-electron chi connectivity index (χ2n) is 1.28. The molecule has 0 nitrogen and oxygen atoms in total. The molecule has 0 fully saturated rings. The van der Waals surface area contributed by atoms with Crippen molar-refractivity contribution in [1.82, 2.24) is 0 Å². The molecule has 0 aromatic heterocycles. The van der Waals surface area contributed by atoms with Crippen molar-refractivity contribution in [2.45, 2.75) is 12.5 Å². The van der Waals surface area contributed by atoms with Crippen LogP contribution in [0, 0.1) is 0 Å². The van der Waals surface area contributed by atoms with Crippen LogP contribution in [-0.4, -0.2) is 19.7 Å². The van der Waals surface area contributed by atoms with Gasteiger partial charge in [-0.15, -0.1) is 8.20 Å². The summed E-state index contributed by atoms with van der Waals surface area (Å²) in [4.78, 5) is 0. The summed E-state index contributed by atoms with van der Waals surface area (Å²) in [6, 6.07) is 0. The van der Waals surface area contributed by atoms with E-state index in [4.69, 9.17) is 0 Å². The second kappa shape index (κ2) is 2.47. The van der Waals surface area contributed by atoms with Crippen LogP contribution < -0.4 is 0 Å². The third-order valence-electron chi connectivity index (χ3n) is 0.365. The highest BCUT2D eigenvalue weighted by Crippen LogP contribution is 1.95. The Kier molecular flexibility index (Phi) is 2.59. The second-order valence-corrected chi connectivity index (χ2v) is 2.67. The molecule has 0 aliphatic rings. The van der Waals surface area contributed by atoms with Crippen LogP contribution in [0.15, 0.2) is 0 Å². The molecular weight excluding hydrogens is 77.8 g/mol. The van der Waals surface area contributed by atoms with Crippen LogP contribution in [0.5, 0.6) is 0 Å². The molecule has 0 saturated heterocycles. The first kappa shape index (κ1) is 5.23. The van der Waals surface area contributed by atoms with Crippen molar-refractivity contribution in [3.8, 4) is 0 Å². The van der Waals surface area contributed by atoms with E-state index in [1.165, 1.54) is 8.20 Å². The van der Waals surface area contributed by atoms with Gasteiger partial charge in [-0.2, -0.15) is 0 Å². The van der Waals surface area contributed by atoms with Crippen LogP contribution in [0.1, 0.15) is 6.92 Å². The van der Waals surface area contributed by atoms with Crippen molar-refractivity contribution in [2.75, 3.05) is 0 Å². The third kappa shape index (κ3) is 4.23. The fourth-order valence-electron chi connectivity index (χ4n) is 0. The third-order valence-corrected chi connectivity index (χ3v) is 1.10. The smallest absolute Gasteiger partial charge is 0.115 e. The molecule has 0 saturated carbocycles. The van der Waals surface area contributed by atoms with Crippen LogP contribution in [-0.2, 0) is 0 Å². The zero-order valence-electron chi connectivity index (χ0n) is 3.73. The van der Waals surface area contributed by atoms with Gasteiger partial charge in [0.05, 0.1) is 0 Å². The Balaban J connectivity index is 2.83. The first-order valence-corrected chi connectivity index (χ1v) is 2.88. The summed E-state index contributed by atoms with van der Waals surface area (Å²) in [7, 11) is 3.39. The van der Waals surface area contributed by atoms with Crippen LogP contribution >= 0.6 is 8.20 Å². The van der Waals surface area contributed by atoms with Crippen molar-refractivity contribution in [2.24, 2.45) is 0 Å². The van der Waals surface area contributed by atoms with Gasteiger partial charge in [0, 0.05) is 0 Å². The molecule has 0 amide bonds. The van der Waals surface area contributed by atoms with E-state index < -0.39 is 0 Å².